The first-order chi connectivity index (χ1) is 59.2. The number of aliphatic hydroxyl groups is 2. The van der Waals surface area contributed by atoms with Crippen molar-refractivity contribution in [2.75, 3.05) is 39.6 Å². The number of aliphatic hydroxyl groups excluding tert-OH is 2. The van der Waals surface area contributed by atoms with Crippen LogP contribution in [0.25, 0.3) is 0 Å². The molecule has 0 spiro atoms. The summed E-state index contributed by atoms with van der Waals surface area (Å²) in [7, 11) is -9.83. The molecule has 0 saturated heterocycles. The maximum Gasteiger partial charge on any atom is 0.472 e. The van der Waals surface area contributed by atoms with E-state index in [4.69, 9.17) is 32.3 Å². The Morgan fingerprint density at radius 2 is 0.438 bits per heavy atom. The number of hydrogen-bond donors (Lipinski definition) is 4. The summed E-state index contributed by atoms with van der Waals surface area (Å²) >= 11 is 0. The van der Waals surface area contributed by atoms with Crippen LogP contribution in [0.5, 0.6) is 0 Å². The predicted molar refractivity (Wildman–Crippen MR) is 509 cm³/mol. The number of ether oxygens (including phenoxy) is 3. The Kier molecular flexibility index (Phi) is 89.6. The molecule has 0 aliphatic rings. The fraction of sp³-hybridized carbons (Fsp3) is 0.680. The van der Waals surface area contributed by atoms with Gasteiger partial charge < -0.3 is 34.2 Å². The number of hydrogen-bond acceptors (Lipinski definition) is 14. The third-order valence-corrected chi connectivity index (χ3v) is 22.0. The van der Waals surface area contributed by atoms with E-state index in [-0.39, 0.29) is 19.3 Å². The fourth-order valence-corrected chi connectivity index (χ4v) is 14.5. The molecule has 0 saturated carbocycles. The zero-order chi connectivity index (χ0) is 87.9. The number of carbonyl (C=O) groups excluding carboxylic acids is 3. The molecule has 0 aromatic carbocycles. The van der Waals surface area contributed by atoms with Gasteiger partial charge in [-0.05, 0) is 161 Å². The van der Waals surface area contributed by atoms with Crippen LogP contribution in [-0.2, 0) is 55.8 Å². The van der Waals surface area contributed by atoms with E-state index in [9.17, 15) is 43.5 Å². The van der Waals surface area contributed by atoms with E-state index >= 15 is 0 Å². The zero-order valence-corrected chi connectivity index (χ0v) is 78.2. The standard InChI is InChI=1S/C103H174O16P2/c1-4-7-10-13-16-19-22-25-28-31-34-36-38-40-42-44-46-48-50-52-54-56-58-60-63-65-68-71-74-77-80-83-86-89-101(106)113-92-98(104)93-115-120(109,110)116-94-99(105)95-117-121(111,112)118-97-100(119-103(108)91-88-85-82-79-76-73-70-67-62-33-30-27-24-21-18-15-12-9-6-3)96-114-102(107)90-87-84-81-78-75-72-69-66-64-61-59-57-55-53-51-49-47-45-43-41-39-37-35-32-29-26-23-20-17-14-11-8-5-2/h7,9-10,12,16-21,25-30,34-37,40-43,46,48,62,67,73,76,98-100,104-105H,4-6,8,11,13-15,22-24,31-33,38-39,44-45,47,49-61,63-66,68-72,74-75,77-97H2,1-3H3,(H,109,110)(H,111,112)/b10-7-,12-9-,19-16-,20-17-,21-18-,28-25-,29-26-,30-27-,36-34-,37-35-,42-40-,43-41-,48-46-,67-62-,76-73-. The van der Waals surface area contributed by atoms with Crippen molar-refractivity contribution in [2.45, 2.75) is 411 Å². The molecule has 5 atom stereocenters. The largest absolute Gasteiger partial charge is 0.472 e. The molecule has 0 rings (SSSR count). The van der Waals surface area contributed by atoms with Gasteiger partial charge in [0.15, 0.2) is 6.10 Å². The maximum atomic E-state index is 13.1. The molecule has 0 bridgehead atoms. The highest BCUT2D eigenvalue weighted by atomic mass is 31.2. The minimum Gasteiger partial charge on any atom is -0.463 e. The minimum atomic E-state index is -4.95. The minimum absolute atomic E-state index is 0.0621. The highest BCUT2D eigenvalue weighted by Gasteiger charge is 2.30. The molecule has 0 aliphatic heterocycles. The number of carbonyl (C=O) groups is 3. The lowest BCUT2D eigenvalue weighted by atomic mass is 10.0. The van der Waals surface area contributed by atoms with E-state index in [1.54, 1.807) is 0 Å². The lowest BCUT2D eigenvalue weighted by Crippen LogP contribution is -2.30. The Hall–Kier alpha value is -5.35. The van der Waals surface area contributed by atoms with Crippen molar-refractivity contribution >= 4 is 33.6 Å². The molecular weight excluding hydrogens is 1560 g/mol. The van der Waals surface area contributed by atoms with Crippen LogP contribution >= 0.6 is 15.6 Å². The molecule has 0 radical (unpaired) electrons. The topological polar surface area (TPSA) is 231 Å². The van der Waals surface area contributed by atoms with Crippen LogP contribution in [0.2, 0.25) is 0 Å². The van der Waals surface area contributed by atoms with Crippen molar-refractivity contribution in [1.29, 1.82) is 0 Å². The van der Waals surface area contributed by atoms with Crippen molar-refractivity contribution in [2.24, 2.45) is 0 Å². The molecule has 692 valence electrons. The van der Waals surface area contributed by atoms with Crippen molar-refractivity contribution < 1.29 is 75.8 Å². The van der Waals surface area contributed by atoms with Crippen molar-refractivity contribution in [3.63, 3.8) is 0 Å². The molecule has 0 aromatic rings. The smallest absolute Gasteiger partial charge is 0.463 e. The third kappa shape index (κ3) is 95.2. The van der Waals surface area contributed by atoms with E-state index in [1.165, 1.54) is 180 Å². The monoisotopic (exact) mass is 1730 g/mol. The molecule has 18 heteroatoms. The second kappa shape index (κ2) is 93.8. The maximum absolute atomic E-state index is 13.1. The number of phosphoric acid groups is 2. The van der Waals surface area contributed by atoms with Gasteiger partial charge in [0.1, 0.15) is 25.4 Å². The molecule has 4 N–H and O–H groups in total. The van der Waals surface area contributed by atoms with E-state index < -0.39 is 91.5 Å². The van der Waals surface area contributed by atoms with Gasteiger partial charge in [-0.1, -0.05) is 396 Å². The van der Waals surface area contributed by atoms with Gasteiger partial charge >= 0.3 is 33.6 Å². The van der Waals surface area contributed by atoms with Gasteiger partial charge in [-0.2, -0.15) is 0 Å². The molecule has 0 heterocycles. The van der Waals surface area contributed by atoms with Gasteiger partial charge in [0, 0.05) is 19.3 Å². The number of esters is 3. The van der Waals surface area contributed by atoms with Crippen LogP contribution < -0.4 is 0 Å². The van der Waals surface area contributed by atoms with Gasteiger partial charge in [-0.15, -0.1) is 0 Å². The predicted octanol–water partition coefficient (Wildman–Crippen LogP) is 30.0. The Morgan fingerprint density at radius 1 is 0.240 bits per heavy atom. The summed E-state index contributed by atoms with van der Waals surface area (Å²) in [6, 6.07) is 0. The Labute approximate surface area is 738 Å². The number of phosphoric ester groups is 2. The van der Waals surface area contributed by atoms with Gasteiger partial charge in [-0.3, -0.25) is 32.5 Å². The van der Waals surface area contributed by atoms with E-state index in [2.05, 4.69) is 203 Å². The molecule has 0 aromatic heterocycles. The van der Waals surface area contributed by atoms with Gasteiger partial charge in [0.05, 0.1) is 26.4 Å². The molecule has 121 heavy (non-hydrogen) atoms. The molecule has 0 fully saturated rings. The first-order valence-corrected chi connectivity index (χ1v) is 51.1. The summed E-state index contributed by atoms with van der Waals surface area (Å²) in [6.45, 7) is 2.43. The first-order valence-electron chi connectivity index (χ1n) is 48.1. The van der Waals surface area contributed by atoms with Crippen LogP contribution in [0.1, 0.15) is 393 Å². The molecule has 5 unspecified atom stereocenters. The quantitative estimate of drug-likeness (QED) is 0.0146. The summed E-state index contributed by atoms with van der Waals surface area (Å²) in [5.74, 6) is -1.61. The van der Waals surface area contributed by atoms with Crippen molar-refractivity contribution in [1.82, 2.24) is 0 Å². The van der Waals surface area contributed by atoms with E-state index in [0.717, 1.165) is 154 Å². The number of allylic oxidation sites excluding steroid dienone is 30. The Morgan fingerprint density at radius 3 is 0.702 bits per heavy atom. The molecule has 0 aliphatic carbocycles. The molecular formula is C103H174O16P2. The van der Waals surface area contributed by atoms with Crippen LogP contribution in [0.3, 0.4) is 0 Å². The lowest BCUT2D eigenvalue weighted by Gasteiger charge is -2.21. The van der Waals surface area contributed by atoms with Gasteiger partial charge in [-0.25, -0.2) is 9.13 Å². The fourth-order valence-electron chi connectivity index (χ4n) is 12.9. The normalized spacial score (nSPS) is 14.5. The average molecular weight is 1730 g/mol. The van der Waals surface area contributed by atoms with Crippen molar-refractivity contribution in [3.8, 4) is 0 Å². The summed E-state index contributed by atoms with van der Waals surface area (Å²) in [5.41, 5.74) is 0. The number of unbranched alkanes of at least 4 members (excludes halogenated alkanes) is 37. The van der Waals surface area contributed by atoms with Crippen LogP contribution in [0.15, 0.2) is 182 Å². The Balaban J connectivity index is 4.54. The van der Waals surface area contributed by atoms with E-state index in [0.29, 0.717) is 19.3 Å². The third-order valence-electron chi connectivity index (χ3n) is 20.1. The van der Waals surface area contributed by atoms with Crippen LogP contribution in [0.4, 0.5) is 0 Å². The average Bonchev–Trinajstić information content (AvgIpc) is 0.895. The van der Waals surface area contributed by atoms with Crippen molar-refractivity contribution in [3.05, 3.63) is 182 Å². The SMILES string of the molecule is CC/C=C\C/C=C\C/C=C\C/C=C\C/C=C\C/C=C\CCCCCCCCCCCCCCCCC(=O)OCC(O)COP(=O)(O)OCC(O)COP(=O)(O)OCC(COC(=O)CCCCCCCCCCCCCCCCCCC/C=C\C/C=C\C/C=C\C/C=C\CCCCC)OC(=O)CCCCC/C=C\C/C=C\C/C=C\C/C=C\C/C=C\CC. The summed E-state index contributed by atoms with van der Waals surface area (Å²) in [6.07, 6.45) is 124. The summed E-state index contributed by atoms with van der Waals surface area (Å²) in [5, 5.41) is 20.7. The second-order valence-electron chi connectivity index (χ2n) is 31.8. The van der Waals surface area contributed by atoms with Gasteiger partial charge in [0.25, 0.3) is 0 Å². The first kappa shape index (κ1) is 116. The van der Waals surface area contributed by atoms with Crippen LogP contribution in [-0.4, -0.2) is 95.9 Å². The molecule has 0 amide bonds. The second-order valence-corrected chi connectivity index (χ2v) is 34.7. The molecule has 16 nitrogen and oxygen atoms in total. The number of rotatable bonds is 90. The lowest BCUT2D eigenvalue weighted by molar-refractivity contribution is -0.161. The highest BCUT2D eigenvalue weighted by molar-refractivity contribution is 7.47. The zero-order valence-electron chi connectivity index (χ0n) is 76.4. The highest BCUT2D eigenvalue weighted by Crippen LogP contribution is 2.45. The van der Waals surface area contributed by atoms with Gasteiger partial charge in [0.2, 0.25) is 0 Å². The van der Waals surface area contributed by atoms with Crippen LogP contribution in [0, 0.1) is 0 Å². The Bertz CT molecular complexity index is 2930. The summed E-state index contributed by atoms with van der Waals surface area (Å²) < 4.78 is 61.5. The summed E-state index contributed by atoms with van der Waals surface area (Å²) in [4.78, 5) is 59.0. The van der Waals surface area contributed by atoms with E-state index in [1.807, 2.05) is 0 Å².